The van der Waals surface area contributed by atoms with Gasteiger partial charge >= 0.3 is 0 Å². The normalized spacial score (nSPS) is 16.3. The van der Waals surface area contributed by atoms with E-state index in [2.05, 4.69) is 40.4 Å². The first kappa shape index (κ1) is 18.5. The SMILES string of the molecule is C=CC[C@H](O[Si](C)(C)C(C)(C)C)C(C)(C)/C(O)=C/C. The zero-order valence-electron chi connectivity index (χ0n) is 14.0. The van der Waals surface area contributed by atoms with E-state index in [1.54, 1.807) is 6.08 Å². The van der Waals surface area contributed by atoms with Gasteiger partial charge in [0, 0.05) is 5.41 Å². The number of hydrogen-bond donors (Lipinski definition) is 1. The standard InChI is InChI=1S/C16H32O2Si/c1-10-12-14(16(6,7)13(17)11-2)18-19(8,9)15(3,4)5/h10-11,14,17H,1,12H2,2-9H3/b13-11-/t14-/m0/s1. The number of aliphatic hydroxyl groups is 1. The highest BCUT2D eigenvalue weighted by Gasteiger charge is 2.43. The van der Waals surface area contributed by atoms with Crippen molar-refractivity contribution in [2.24, 2.45) is 5.41 Å². The Bertz CT molecular complexity index is 335. The van der Waals surface area contributed by atoms with Crippen LogP contribution in [0.1, 0.15) is 48.0 Å². The van der Waals surface area contributed by atoms with Crippen molar-refractivity contribution in [1.29, 1.82) is 0 Å². The molecule has 19 heavy (non-hydrogen) atoms. The molecule has 0 saturated heterocycles. The van der Waals surface area contributed by atoms with Gasteiger partial charge in [0.25, 0.3) is 0 Å². The molecule has 0 unspecified atom stereocenters. The van der Waals surface area contributed by atoms with Crippen molar-refractivity contribution in [1.82, 2.24) is 0 Å². The zero-order chi connectivity index (χ0) is 15.5. The summed E-state index contributed by atoms with van der Waals surface area (Å²) in [5, 5.41) is 10.3. The van der Waals surface area contributed by atoms with E-state index in [1.807, 2.05) is 26.8 Å². The lowest BCUT2D eigenvalue weighted by molar-refractivity contribution is 0.0575. The number of aliphatic hydroxyl groups excluding tert-OH is 1. The van der Waals surface area contributed by atoms with E-state index in [0.717, 1.165) is 6.42 Å². The lowest BCUT2D eigenvalue weighted by Crippen LogP contribution is -2.48. The van der Waals surface area contributed by atoms with Crippen LogP contribution in [0.3, 0.4) is 0 Å². The second kappa shape index (κ2) is 6.27. The molecule has 2 nitrogen and oxygen atoms in total. The van der Waals surface area contributed by atoms with Gasteiger partial charge in [-0.2, -0.15) is 0 Å². The van der Waals surface area contributed by atoms with Gasteiger partial charge in [-0.3, -0.25) is 0 Å². The van der Waals surface area contributed by atoms with Gasteiger partial charge in [0.05, 0.1) is 11.9 Å². The molecule has 0 saturated carbocycles. The van der Waals surface area contributed by atoms with E-state index in [-0.39, 0.29) is 11.1 Å². The monoisotopic (exact) mass is 284 g/mol. The average molecular weight is 285 g/mol. The van der Waals surface area contributed by atoms with E-state index >= 15 is 0 Å². The molecule has 0 bridgehead atoms. The predicted octanol–water partition coefficient (Wildman–Crippen LogP) is 5.44. The number of allylic oxidation sites excluding steroid dienone is 1. The Morgan fingerprint density at radius 1 is 1.26 bits per heavy atom. The summed E-state index contributed by atoms with van der Waals surface area (Å²) in [6.07, 6.45) is 4.34. The Labute approximate surface area is 120 Å². The van der Waals surface area contributed by atoms with Crippen molar-refractivity contribution in [3.63, 3.8) is 0 Å². The summed E-state index contributed by atoms with van der Waals surface area (Å²) in [6, 6.07) is 0. The molecule has 0 fully saturated rings. The molecule has 3 heteroatoms. The van der Waals surface area contributed by atoms with Gasteiger partial charge in [-0.05, 0) is 37.6 Å². The maximum atomic E-state index is 10.1. The van der Waals surface area contributed by atoms with Gasteiger partial charge in [0.15, 0.2) is 8.32 Å². The lowest BCUT2D eigenvalue weighted by Gasteiger charge is -2.44. The van der Waals surface area contributed by atoms with Crippen LogP contribution < -0.4 is 0 Å². The maximum Gasteiger partial charge on any atom is 0.192 e. The van der Waals surface area contributed by atoms with Crippen LogP contribution in [-0.2, 0) is 4.43 Å². The van der Waals surface area contributed by atoms with E-state index in [4.69, 9.17) is 4.43 Å². The molecule has 0 aromatic rings. The summed E-state index contributed by atoms with van der Waals surface area (Å²) in [5.74, 6) is 0.387. The number of rotatable bonds is 6. The molecule has 0 radical (unpaired) electrons. The first-order valence-corrected chi connectivity index (χ1v) is 9.95. The fourth-order valence-electron chi connectivity index (χ4n) is 1.71. The van der Waals surface area contributed by atoms with Crippen LogP contribution >= 0.6 is 0 Å². The third-order valence-electron chi connectivity index (χ3n) is 4.36. The molecule has 0 aliphatic carbocycles. The summed E-state index contributed by atoms with van der Waals surface area (Å²) in [4.78, 5) is 0. The van der Waals surface area contributed by atoms with Crippen molar-refractivity contribution in [2.45, 2.75) is 72.2 Å². The Kier molecular flexibility index (Phi) is 6.09. The third-order valence-corrected chi connectivity index (χ3v) is 8.85. The quantitative estimate of drug-likeness (QED) is 0.400. The molecule has 0 aromatic carbocycles. The Morgan fingerprint density at radius 2 is 1.74 bits per heavy atom. The smallest absolute Gasteiger partial charge is 0.192 e. The summed E-state index contributed by atoms with van der Waals surface area (Å²) in [5.41, 5.74) is -0.390. The molecule has 1 atom stereocenters. The van der Waals surface area contributed by atoms with Crippen LogP contribution in [0.2, 0.25) is 18.1 Å². The van der Waals surface area contributed by atoms with E-state index < -0.39 is 13.7 Å². The van der Waals surface area contributed by atoms with E-state index in [0.29, 0.717) is 5.76 Å². The lowest BCUT2D eigenvalue weighted by atomic mass is 9.82. The van der Waals surface area contributed by atoms with Gasteiger partial charge in [-0.25, -0.2) is 0 Å². The molecule has 0 heterocycles. The number of hydrogen-bond acceptors (Lipinski definition) is 2. The minimum atomic E-state index is -1.86. The second-order valence-electron chi connectivity index (χ2n) is 7.29. The summed E-state index contributed by atoms with van der Waals surface area (Å²) in [6.45, 7) is 20.9. The third kappa shape index (κ3) is 4.50. The fraction of sp³-hybridized carbons (Fsp3) is 0.750. The first-order valence-electron chi connectivity index (χ1n) is 7.04. The second-order valence-corrected chi connectivity index (χ2v) is 12.0. The van der Waals surface area contributed by atoms with E-state index in [1.165, 1.54) is 0 Å². The molecular formula is C16H32O2Si. The molecule has 1 N–H and O–H groups in total. The molecule has 0 aliphatic rings. The van der Waals surface area contributed by atoms with Gasteiger partial charge in [-0.1, -0.05) is 40.7 Å². The first-order chi connectivity index (χ1) is 8.40. The molecule has 0 aromatic heterocycles. The average Bonchev–Trinajstić information content (AvgIpc) is 2.25. The summed E-state index contributed by atoms with van der Waals surface area (Å²) < 4.78 is 6.50. The zero-order valence-corrected chi connectivity index (χ0v) is 15.0. The highest BCUT2D eigenvalue weighted by molar-refractivity contribution is 6.74. The Hall–Kier alpha value is -0.543. The van der Waals surface area contributed by atoms with Gasteiger partial charge in [0.2, 0.25) is 0 Å². The molecule has 0 spiro atoms. The molecular weight excluding hydrogens is 252 g/mol. The van der Waals surface area contributed by atoms with Crippen LogP contribution in [0.15, 0.2) is 24.5 Å². The van der Waals surface area contributed by atoms with Crippen molar-refractivity contribution >= 4 is 8.32 Å². The Morgan fingerprint density at radius 3 is 2.05 bits per heavy atom. The van der Waals surface area contributed by atoms with E-state index in [9.17, 15) is 5.11 Å². The highest BCUT2D eigenvalue weighted by atomic mass is 28.4. The maximum absolute atomic E-state index is 10.1. The summed E-state index contributed by atoms with van der Waals surface area (Å²) >= 11 is 0. The molecule has 0 amide bonds. The van der Waals surface area contributed by atoms with Gasteiger partial charge in [0.1, 0.15) is 0 Å². The van der Waals surface area contributed by atoms with Crippen LogP contribution in [0.25, 0.3) is 0 Å². The van der Waals surface area contributed by atoms with Gasteiger partial charge < -0.3 is 9.53 Å². The highest BCUT2D eigenvalue weighted by Crippen LogP contribution is 2.42. The van der Waals surface area contributed by atoms with Crippen molar-refractivity contribution in [3.05, 3.63) is 24.5 Å². The van der Waals surface area contributed by atoms with Crippen LogP contribution in [0.5, 0.6) is 0 Å². The van der Waals surface area contributed by atoms with Crippen molar-refractivity contribution in [3.8, 4) is 0 Å². The predicted molar refractivity (Wildman–Crippen MR) is 87.1 cm³/mol. The van der Waals surface area contributed by atoms with Crippen molar-refractivity contribution < 1.29 is 9.53 Å². The minimum absolute atomic E-state index is 0.0397. The largest absolute Gasteiger partial charge is 0.512 e. The topological polar surface area (TPSA) is 29.5 Å². The molecule has 0 rings (SSSR count). The van der Waals surface area contributed by atoms with Crippen LogP contribution in [-0.4, -0.2) is 19.5 Å². The fourth-order valence-corrected chi connectivity index (χ4v) is 3.17. The van der Waals surface area contributed by atoms with Crippen LogP contribution in [0, 0.1) is 5.41 Å². The van der Waals surface area contributed by atoms with Crippen molar-refractivity contribution in [2.75, 3.05) is 0 Å². The molecule has 0 aliphatic heterocycles. The van der Waals surface area contributed by atoms with Crippen LogP contribution in [0.4, 0.5) is 0 Å². The summed E-state index contributed by atoms with van der Waals surface area (Å²) in [7, 11) is -1.86. The molecule has 112 valence electrons. The Balaban J connectivity index is 5.31. The van der Waals surface area contributed by atoms with Gasteiger partial charge in [-0.15, -0.1) is 6.58 Å². The minimum Gasteiger partial charge on any atom is -0.512 e.